The molecule has 6 unspecified atom stereocenters. The Kier molecular flexibility index (Phi) is 5.78. The van der Waals surface area contributed by atoms with Gasteiger partial charge in [-0.3, -0.25) is 4.99 Å². The van der Waals surface area contributed by atoms with Crippen LogP contribution in [0, 0.1) is 24.7 Å². The van der Waals surface area contributed by atoms with E-state index in [2.05, 4.69) is 4.99 Å². The van der Waals surface area contributed by atoms with Crippen LogP contribution in [0.15, 0.2) is 34.8 Å². The quantitative estimate of drug-likeness (QED) is 0.559. The lowest BCUT2D eigenvalue weighted by molar-refractivity contribution is -0.384. The van der Waals surface area contributed by atoms with Gasteiger partial charge in [0.25, 0.3) is 0 Å². The molecular weight excluding hydrogens is 427 g/mol. The number of halogens is 3. The van der Waals surface area contributed by atoms with Gasteiger partial charge in [0.1, 0.15) is 0 Å². The standard InChI is InChI=1S/C23H28F3NO5/c1-10-8-13(18-12(3)15(6-7-27-18)23(24,25)26)4-5-14(10)11(2)21-17-20(30)19(29)16(9-28)22(17,31)32-21/h4-8,11-12,16-21,28-31H,9H2,1-3H3/t11-,12?,16?,17?,18?,19-,20?,21-,22?/m1/s1. The van der Waals surface area contributed by atoms with Crippen LogP contribution in [0.2, 0.25) is 0 Å². The first kappa shape index (κ1) is 23.4. The molecule has 6 nitrogen and oxygen atoms in total. The lowest BCUT2D eigenvalue weighted by atomic mass is 9.75. The first-order chi connectivity index (χ1) is 14.9. The van der Waals surface area contributed by atoms with Crippen LogP contribution in [-0.2, 0) is 4.74 Å². The summed E-state index contributed by atoms with van der Waals surface area (Å²) in [6.07, 6.45) is -5.31. The summed E-state index contributed by atoms with van der Waals surface area (Å²) in [4.78, 5) is 4.27. The van der Waals surface area contributed by atoms with Crippen LogP contribution in [0.25, 0.3) is 0 Å². The zero-order valence-corrected chi connectivity index (χ0v) is 18.0. The summed E-state index contributed by atoms with van der Waals surface area (Å²) >= 11 is 0. The lowest BCUT2D eigenvalue weighted by Gasteiger charge is -2.52. The molecule has 2 fully saturated rings. The third-order valence-corrected chi connectivity index (χ3v) is 7.43. The lowest BCUT2D eigenvalue weighted by Crippen LogP contribution is -2.64. The number of fused-ring (bicyclic) bond motifs is 1. The number of nitrogens with zero attached hydrogens (tertiary/aromatic N) is 1. The number of hydrogen-bond donors (Lipinski definition) is 4. The third-order valence-electron chi connectivity index (χ3n) is 7.43. The van der Waals surface area contributed by atoms with Gasteiger partial charge in [-0.25, -0.2) is 0 Å². The summed E-state index contributed by atoms with van der Waals surface area (Å²) in [5, 5.41) is 40.8. The van der Waals surface area contributed by atoms with Crippen molar-refractivity contribution >= 4 is 6.21 Å². The fourth-order valence-electron chi connectivity index (χ4n) is 5.62. The Morgan fingerprint density at radius 1 is 1.22 bits per heavy atom. The van der Waals surface area contributed by atoms with Crippen LogP contribution in [-0.4, -0.2) is 63.5 Å². The minimum atomic E-state index is -4.41. The molecular formula is C23H28F3NO5. The van der Waals surface area contributed by atoms with Crippen LogP contribution in [0.5, 0.6) is 0 Å². The second-order valence-corrected chi connectivity index (χ2v) is 9.19. The Hall–Kier alpha value is -1.78. The van der Waals surface area contributed by atoms with Crippen LogP contribution in [0.3, 0.4) is 0 Å². The van der Waals surface area contributed by atoms with Gasteiger partial charge < -0.3 is 25.2 Å². The van der Waals surface area contributed by atoms with Crippen molar-refractivity contribution in [3.8, 4) is 0 Å². The topological polar surface area (TPSA) is 103 Å². The minimum Gasteiger partial charge on any atom is -0.396 e. The number of aliphatic imine (C=N–C) groups is 1. The summed E-state index contributed by atoms with van der Waals surface area (Å²) in [7, 11) is 0. The van der Waals surface area contributed by atoms with E-state index in [9.17, 15) is 33.6 Å². The molecule has 1 saturated heterocycles. The zero-order valence-electron chi connectivity index (χ0n) is 18.0. The highest BCUT2D eigenvalue weighted by Crippen LogP contribution is 2.56. The predicted molar refractivity (Wildman–Crippen MR) is 110 cm³/mol. The Bertz CT molecular complexity index is 948. The van der Waals surface area contributed by atoms with E-state index in [1.807, 2.05) is 26.0 Å². The Balaban J connectivity index is 1.55. The molecule has 1 aromatic carbocycles. The molecule has 32 heavy (non-hydrogen) atoms. The number of hydrogen-bond acceptors (Lipinski definition) is 6. The fourth-order valence-corrected chi connectivity index (χ4v) is 5.62. The van der Waals surface area contributed by atoms with Crippen LogP contribution in [0.1, 0.15) is 42.5 Å². The van der Waals surface area contributed by atoms with E-state index < -0.39 is 66.3 Å². The molecule has 0 aromatic heterocycles. The molecule has 2 heterocycles. The number of dihydropyridines is 1. The van der Waals surface area contributed by atoms with Crippen molar-refractivity contribution in [3.63, 3.8) is 0 Å². The highest BCUT2D eigenvalue weighted by Gasteiger charge is 2.71. The Labute approximate surface area is 184 Å². The smallest absolute Gasteiger partial charge is 0.396 e. The number of ether oxygens (including phenoxy) is 1. The van der Waals surface area contributed by atoms with Crippen LogP contribution >= 0.6 is 0 Å². The van der Waals surface area contributed by atoms with E-state index in [0.717, 1.165) is 17.2 Å². The SMILES string of the molecule is Cc1cc(C2N=CC=C(C(F)(F)F)C2C)ccc1[C@@H](C)[C@H]1OC2(O)C(CO)[C@@H](O)C(O)C12. The van der Waals surface area contributed by atoms with Gasteiger partial charge in [0, 0.05) is 23.6 Å². The summed E-state index contributed by atoms with van der Waals surface area (Å²) in [6.45, 7) is 4.70. The maximum absolute atomic E-state index is 13.3. The Morgan fingerprint density at radius 2 is 1.91 bits per heavy atom. The molecule has 1 aromatic rings. The summed E-state index contributed by atoms with van der Waals surface area (Å²) < 4.78 is 45.6. The van der Waals surface area contributed by atoms with Gasteiger partial charge >= 0.3 is 6.18 Å². The molecule has 1 saturated carbocycles. The van der Waals surface area contributed by atoms with E-state index in [4.69, 9.17) is 4.74 Å². The molecule has 4 rings (SSSR count). The molecule has 4 N–H and O–H groups in total. The number of allylic oxidation sites excluding steroid dienone is 1. The molecule has 176 valence electrons. The number of aliphatic hydroxyl groups is 4. The summed E-state index contributed by atoms with van der Waals surface area (Å²) in [5.41, 5.74) is 1.74. The largest absolute Gasteiger partial charge is 0.413 e. The van der Waals surface area contributed by atoms with E-state index in [1.54, 1.807) is 6.07 Å². The van der Waals surface area contributed by atoms with E-state index >= 15 is 0 Å². The number of rotatable bonds is 4. The maximum Gasteiger partial charge on any atom is 0.413 e. The summed E-state index contributed by atoms with van der Waals surface area (Å²) in [6, 6.07) is 4.72. The van der Waals surface area contributed by atoms with Gasteiger partial charge in [-0.05, 0) is 29.7 Å². The highest BCUT2D eigenvalue weighted by atomic mass is 19.4. The number of aliphatic hydroxyl groups excluding tert-OH is 3. The van der Waals surface area contributed by atoms with Gasteiger partial charge in [-0.15, -0.1) is 0 Å². The minimum absolute atomic E-state index is 0.272. The van der Waals surface area contributed by atoms with E-state index in [-0.39, 0.29) is 5.92 Å². The fraction of sp³-hybridized carbons (Fsp3) is 0.609. The number of aryl methyl sites for hydroxylation is 1. The maximum atomic E-state index is 13.3. The van der Waals surface area contributed by atoms with Crippen molar-refractivity contribution in [2.75, 3.05) is 6.61 Å². The molecule has 0 bridgehead atoms. The molecule has 1 aliphatic carbocycles. The van der Waals surface area contributed by atoms with E-state index in [0.29, 0.717) is 5.56 Å². The molecule has 0 spiro atoms. The summed E-state index contributed by atoms with van der Waals surface area (Å²) in [5.74, 6) is -4.63. The number of benzene rings is 1. The van der Waals surface area contributed by atoms with Crippen molar-refractivity contribution in [2.24, 2.45) is 22.7 Å². The Morgan fingerprint density at radius 3 is 2.50 bits per heavy atom. The molecule has 3 aliphatic rings. The van der Waals surface area contributed by atoms with Crippen molar-refractivity contribution in [1.29, 1.82) is 0 Å². The first-order valence-electron chi connectivity index (χ1n) is 10.7. The van der Waals surface area contributed by atoms with E-state index in [1.165, 1.54) is 13.1 Å². The zero-order chi connectivity index (χ0) is 23.6. The second kappa shape index (κ2) is 7.92. The van der Waals surface area contributed by atoms with Crippen molar-refractivity contribution in [3.05, 3.63) is 46.5 Å². The van der Waals surface area contributed by atoms with Crippen molar-refractivity contribution in [1.82, 2.24) is 0 Å². The predicted octanol–water partition coefficient (Wildman–Crippen LogP) is 2.40. The average Bonchev–Trinajstić information content (AvgIpc) is 2.84. The van der Waals surface area contributed by atoms with Crippen molar-refractivity contribution in [2.45, 2.75) is 63.0 Å². The molecule has 9 heteroatoms. The number of alkyl halides is 3. The van der Waals surface area contributed by atoms with Gasteiger partial charge in [0.05, 0.1) is 42.8 Å². The van der Waals surface area contributed by atoms with Crippen molar-refractivity contribution < 1.29 is 38.3 Å². The van der Waals surface area contributed by atoms with Crippen LogP contribution in [0.4, 0.5) is 13.2 Å². The first-order valence-corrected chi connectivity index (χ1v) is 10.7. The second-order valence-electron chi connectivity index (χ2n) is 9.19. The van der Waals surface area contributed by atoms with Gasteiger partial charge in [-0.2, -0.15) is 13.2 Å². The van der Waals surface area contributed by atoms with Gasteiger partial charge in [-0.1, -0.05) is 32.0 Å². The molecule has 0 radical (unpaired) electrons. The molecule has 9 atom stereocenters. The monoisotopic (exact) mass is 455 g/mol. The third kappa shape index (κ3) is 3.42. The molecule has 0 amide bonds. The van der Waals surface area contributed by atoms with Gasteiger partial charge in [0.15, 0.2) is 5.79 Å². The normalized spacial score (nSPS) is 39.9. The van der Waals surface area contributed by atoms with Gasteiger partial charge in [0.2, 0.25) is 0 Å². The highest BCUT2D eigenvalue weighted by molar-refractivity contribution is 5.74. The molecule has 2 aliphatic heterocycles. The van der Waals surface area contributed by atoms with Crippen LogP contribution < -0.4 is 0 Å². The average molecular weight is 455 g/mol.